The normalized spacial score (nSPS) is 24.8. The fraction of sp³-hybridized carbons (Fsp3) is 0.727. The van der Waals surface area contributed by atoms with Crippen LogP contribution in [0.25, 0.3) is 0 Å². The predicted octanol–water partition coefficient (Wildman–Crippen LogP) is 0.527. The highest BCUT2D eigenvalue weighted by molar-refractivity contribution is 5.89. The highest BCUT2D eigenvalue weighted by Crippen LogP contribution is 2.22. The zero-order valence-corrected chi connectivity index (χ0v) is 9.52. The maximum absolute atomic E-state index is 11.0. The third-order valence-corrected chi connectivity index (χ3v) is 2.36. The Kier molecular flexibility index (Phi) is 5.28. The highest BCUT2D eigenvalue weighted by atomic mass is 16.7. The van der Waals surface area contributed by atoms with Crippen molar-refractivity contribution in [2.24, 2.45) is 11.7 Å². The van der Waals surface area contributed by atoms with E-state index in [2.05, 4.69) is 0 Å². The van der Waals surface area contributed by atoms with Gasteiger partial charge in [0.05, 0.1) is 6.61 Å². The summed E-state index contributed by atoms with van der Waals surface area (Å²) in [6.07, 6.45) is 3.52. The lowest BCUT2D eigenvalue weighted by Crippen LogP contribution is -2.29. The van der Waals surface area contributed by atoms with Crippen molar-refractivity contribution in [1.82, 2.24) is 0 Å². The minimum atomic E-state index is -0.560. The summed E-state index contributed by atoms with van der Waals surface area (Å²) < 4.78 is 10.8. The summed E-state index contributed by atoms with van der Waals surface area (Å²) in [7, 11) is 0. The molecule has 1 amide bonds. The Hall–Kier alpha value is -1.07. The van der Waals surface area contributed by atoms with Crippen molar-refractivity contribution < 1.29 is 19.4 Å². The first-order chi connectivity index (χ1) is 7.63. The van der Waals surface area contributed by atoms with Gasteiger partial charge in [-0.25, -0.2) is 0 Å². The van der Waals surface area contributed by atoms with Crippen molar-refractivity contribution in [1.29, 1.82) is 0 Å². The van der Waals surface area contributed by atoms with E-state index in [4.69, 9.17) is 20.3 Å². The third-order valence-electron chi connectivity index (χ3n) is 2.36. The Labute approximate surface area is 95.2 Å². The minimum absolute atomic E-state index is 0.164. The quantitative estimate of drug-likeness (QED) is 0.651. The van der Waals surface area contributed by atoms with E-state index in [0.717, 1.165) is 12.8 Å². The number of allylic oxidation sites excluding steroid dienone is 1. The lowest BCUT2D eigenvalue weighted by atomic mass is 10.0. The van der Waals surface area contributed by atoms with Gasteiger partial charge in [0.25, 0.3) is 5.91 Å². The van der Waals surface area contributed by atoms with Gasteiger partial charge in [0, 0.05) is 13.0 Å². The van der Waals surface area contributed by atoms with E-state index in [-0.39, 0.29) is 18.3 Å². The molecule has 1 aliphatic rings. The molecule has 0 spiro atoms. The van der Waals surface area contributed by atoms with Crippen molar-refractivity contribution in [3.8, 4) is 0 Å². The fourth-order valence-electron chi connectivity index (χ4n) is 1.53. The van der Waals surface area contributed by atoms with Gasteiger partial charge in [-0.15, -0.1) is 0 Å². The van der Waals surface area contributed by atoms with Gasteiger partial charge in [-0.1, -0.05) is 6.92 Å². The molecule has 1 aliphatic heterocycles. The van der Waals surface area contributed by atoms with Crippen LogP contribution in [0.1, 0.15) is 26.2 Å². The number of unbranched alkanes of at least 4 members (excludes halogenated alkanes) is 1. The Morgan fingerprint density at radius 2 is 2.44 bits per heavy atom. The number of nitrogens with two attached hydrogens (primary N) is 1. The van der Waals surface area contributed by atoms with Crippen LogP contribution < -0.4 is 5.73 Å². The lowest BCUT2D eigenvalue weighted by Gasteiger charge is -2.26. The monoisotopic (exact) mass is 229 g/mol. The second-order valence-electron chi connectivity index (χ2n) is 3.96. The Balaban J connectivity index is 2.34. The largest absolute Gasteiger partial charge is 0.459 e. The van der Waals surface area contributed by atoms with E-state index in [0.29, 0.717) is 13.0 Å². The van der Waals surface area contributed by atoms with Gasteiger partial charge in [-0.3, -0.25) is 4.79 Å². The number of primary amides is 1. The molecular weight excluding hydrogens is 210 g/mol. The topological polar surface area (TPSA) is 81.8 Å². The Morgan fingerprint density at radius 3 is 3.06 bits per heavy atom. The van der Waals surface area contributed by atoms with Crippen molar-refractivity contribution in [3.63, 3.8) is 0 Å². The molecule has 0 radical (unpaired) electrons. The molecule has 0 saturated heterocycles. The average molecular weight is 229 g/mol. The van der Waals surface area contributed by atoms with Crippen LogP contribution in [-0.4, -0.2) is 30.5 Å². The van der Waals surface area contributed by atoms with Crippen LogP contribution in [0.5, 0.6) is 0 Å². The molecule has 0 saturated carbocycles. The molecule has 3 N–H and O–H groups in total. The van der Waals surface area contributed by atoms with Crippen LogP contribution in [0.3, 0.4) is 0 Å². The van der Waals surface area contributed by atoms with Gasteiger partial charge in [0.15, 0.2) is 5.76 Å². The molecule has 16 heavy (non-hydrogen) atoms. The molecule has 2 atom stereocenters. The van der Waals surface area contributed by atoms with Crippen molar-refractivity contribution in [2.75, 3.05) is 13.2 Å². The minimum Gasteiger partial charge on any atom is -0.459 e. The zero-order chi connectivity index (χ0) is 12.0. The highest BCUT2D eigenvalue weighted by Gasteiger charge is 2.23. The van der Waals surface area contributed by atoms with E-state index in [9.17, 15) is 4.79 Å². The van der Waals surface area contributed by atoms with Crippen LogP contribution in [0.15, 0.2) is 11.8 Å². The second-order valence-corrected chi connectivity index (χ2v) is 3.96. The molecule has 0 aliphatic carbocycles. The summed E-state index contributed by atoms with van der Waals surface area (Å²) >= 11 is 0. The Bertz CT molecular complexity index is 265. The van der Waals surface area contributed by atoms with Crippen LogP contribution >= 0.6 is 0 Å². The fourth-order valence-corrected chi connectivity index (χ4v) is 1.53. The van der Waals surface area contributed by atoms with Gasteiger partial charge in [-0.05, 0) is 24.8 Å². The van der Waals surface area contributed by atoms with Crippen LogP contribution in [-0.2, 0) is 14.3 Å². The molecule has 0 aromatic rings. The second kappa shape index (κ2) is 6.50. The number of hydrogen-bond acceptors (Lipinski definition) is 4. The lowest BCUT2D eigenvalue weighted by molar-refractivity contribution is -0.146. The van der Waals surface area contributed by atoms with E-state index in [1.165, 1.54) is 0 Å². The van der Waals surface area contributed by atoms with Crippen LogP contribution in [0, 0.1) is 5.92 Å². The van der Waals surface area contributed by atoms with Gasteiger partial charge in [-0.2, -0.15) is 0 Å². The number of aliphatic hydroxyl groups excluding tert-OH is 1. The van der Waals surface area contributed by atoms with Gasteiger partial charge in [0.1, 0.15) is 0 Å². The maximum atomic E-state index is 11.0. The number of rotatable bonds is 6. The third kappa shape index (κ3) is 4.20. The number of aliphatic hydroxyl groups is 1. The van der Waals surface area contributed by atoms with Crippen LogP contribution in [0.2, 0.25) is 0 Å². The number of amides is 1. The number of hydrogen-bond donors (Lipinski definition) is 2. The summed E-state index contributed by atoms with van der Waals surface area (Å²) in [5.74, 6) is -0.152. The van der Waals surface area contributed by atoms with Crippen molar-refractivity contribution in [2.45, 2.75) is 32.5 Å². The predicted molar refractivity (Wildman–Crippen MR) is 58.2 cm³/mol. The number of carbonyl (C=O) groups excluding carboxylic acids is 1. The van der Waals surface area contributed by atoms with Crippen molar-refractivity contribution in [3.05, 3.63) is 11.8 Å². The molecule has 1 heterocycles. The first-order valence-corrected chi connectivity index (χ1v) is 5.54. The summed E-state index contributed by atoms with van der Waals surface area (Å²) in [5, 5.41) is 8.60. The molecule has 5 nitrogen and oxygen atoms in total. The molecule has 5 heteroatoms. The molecule has 0 unspecified atom stereocenters. The smallest absolute Gasteiger partial charge is 0.283 e. The van der Waals surface area contributed by atoms with Crippen LogP contribution in [0.4, 0.5) is 0 Å². The Morgan fingerprint density at radius 1 is 1.69 bits per heavy atom. The zero-order valence-electron chi connectivity index (χ0n) is 9.52. The SMILES string of the molecule is C[C@@H]1C=C(C(N)=O)O[C@H](OCCCCO)C1. The van der Waals surface area contributed by atoms with E-state index in [1.54, 1.807) is 6.08 Å². The average Bonchev–Trinajstić information content (AvgIpc) is 2.23. The summed E-state index contributed by atoms with van der Waals surface area (Å²) in [6.45, 7) is 2.66. The molecule has 0 aromatic carbocycles. The van der Waals surface area contributed by atoms with Gasteiger partial charge in [0.2, 0.25) is 6.29 Å². The molecule has 0 fully saturated rings. The molecular formula is C11H19NO4. The molecule has 92 valence electrons. The maximum Gasteiger partial charge on any atom is 0.283 e. The number of ether oxygens (including phenoxy) is 2. The molecule has 1 rings (SSSR count). The summed E-state index contributed by atoms with van der Waals surface area (Å²) in [4.78, 5) is 11.0. The van der Waals surface area contributed by atoms with Gasteiger partial charge >= 0.3 is 0 Å². The van der Waals surface area contributed by atoms with E-state index in [1.807, 2.05) is 6.92 Å². The van der Waals surface area contributed by atoms with Gasteiger partial charge < -0.3 is 20.3 Å². The first kappa shape index (κ1) is 13.0. The van der Waals surface area contributed by atoms with Crippen molar-refractivity contribution >= 4 is 5.91 Å². The van der Waals surface area contributed by atoms with E-state index < -0.39 is 12.2 Å². The first-order valence-electron chi connectivity index (χ1n) is 5.54. The standard InChI is InChI=1S/C11H19NO4/c1-8-6-9(11(12)14)16-10(7-8)15-5-3-2-4-13/h6,8,10,13H,2-5,7H2,1H3,(H2,12,14)/t8-,10+/m1/s1. The number of carbonyl (C=O) groups is 1. The van der Waals surface area contributed by atoms with E-state index >= 15 is 0 Å². The molecule has 0 aromatic heterocycles. The summed E-state index contributed by atoms with van der Waals surface area (Å²) in [5.41, 5.74) is 5.15. The summed E-state index contributed by atoms with van der Waals surface area (Å²) in [6, 6.07) is 0. The molecule has 0 bridgehead atoms.